The van der Waals surface area contributed by atoms with Crippen molar-refractivity contribution in [3.8, 4) is 5.75 Å². The summed E-state index contributed by atoms with van der Waals surface area (Å²) in [5, 5.41) is 8.77. The van der Waals surface area contributed by atoms with E-state index in [2.05, 4.69) is 30.3 Å². The summed E-state index contributed by atoms with van der Waals surface area (Å²) < 4.78 is 17.5. The van der Waals surface area contributed by atoms with E-state index in [9.17, 15) is 4.79 Å². The van der Waals surface area contributed by atoms with E-state index >= 15 is 0 Å². The van der Waals surface area contributed by atoms with Gasteiger partial charge in [-0.1, -0.05) is 36.4 Å². The lowest BCUT2D eigenvalue weighted by atomic mass is 9.89. The number of ether oxygens (including phenoxy) is 3. The lowest BCUT2D eigenvalue weighted by molar-refractivity contribution is -0.159. The summed E-state index contributed by atoms with van der Waals surface area (Å²) in [6.45, 7) is 1.87. The Bertz CT molecular complexity index is 878. The molecule has 0 unspecified atom stereocenters. The Morgan fingerprint density at radius 1 is 1.07 bits per heavy atom. The highest BCUT2D eigenvalue weighted by Crippen LogP contribution is 2.38. The van der Waals surface area contributed by atoms with Gasteiger partial charge in [-0.25, -0.2) is 0 Å². The van der Waals surface area contributed by atoms with Crippen molar-refractivity contribution in [1.82, 2.24) is 0 Å². The van der Waals surface area contributed by atoms with Gasteiger partial charge in [-0.05, 0) is 53.3 Å². The summed E-state index contributed by atoms with van der Waals surface area (Å²) >= 11 is 0. The first-order valence-electron chi connectivity index (χ1n) is 10.1. The molecule has 1 fully saturated rings. The zero-order valence-corrected chi connectivity index (χ0v) is 16.4. The van der Waals surface area contributed by atoms with E-state index in [0.717, 1.165) is 36.1 Å². The minimum absolute atomic E-state index is 0.141. The normalized spacial score (nSPS) is 17.9. The molecule has 1 aliphatic heterocycles. The van der Waals surface area contributed by atoms with E-state index < -0.39 is 5.97 Å². The van der Waals surface area contributed by atoms with Crippen LogP contribution >= 0.6 is 0 Å². The summed E-state index contributed by atoms with van der Waals surface area (Å²) in [5.41, 5.74) is 4.67. The molecule has 0 aromatic heterocycles. The molecule has 1 saturated heterocycles. The molecule has 5 heteroatoms. The van der Waals surface area contributed by atoms with Gasteiger partial charge in [0, 0.05) is 19.3 Å². The smallest absolute Gasteiger partial charge is 0.303 e. The lowest BCUT2D eigenvalue weighted by Crippen LogP contribution is -2.31. The predicted octanol–water partition coefficient (Wildman–Crippen LogP) is 4.59. The third-order valence-electron chi connectivity index (χ3n) is 5.50. The molecule has 0 radical (unpaired) electrons. The number of carbonyl (C=O) groups is 1. The number of aryl methyl sites for hydroxylation is 1. The van der Waals surface area contributed by atoms with E-state index in [-0.39, 0.29) is 12.2 Å². The Balaban J connectivity index is 1.34. The van der Waals surface area contributed by atoms with Crippen molar-refractivity contribution < 1.29 is 24.1 Å². The first-order chi connectivity index (χ1) is 14.1. The Morgan fingerprint density at radius 3 is 2.55 bits per heavy atom. The number of aliphatic carboxylic acids is 1. The first kappa shape index (κ1) is 19.7. The number of hydrogen-bond acceptors (Lipinski definition) is 4. The molecule has 0 atom stereocenters. The monoisotopic (exact) mass is 394 g/mol. The minimum atomic E-state index is -0.781. The Kier molecular flexibility index (Phi) is 5.97. The van der Waals surface area contributed by atoms with Crippen LogP contribution in [0.15, 0.2) is 54.6 Å². The van der Waals surface area contributed by atoms with E-state index in [0.29, 0.717) is 26.2 Å². The summed E-state index contributed by atoms with van der Waals surface area (Å²) in [6, 6.07) is 16.1. The van der Waals surface area contributed by atoms with Gasteiger partial charge in [0.25, 0.3) is 0 Å². The maximum absolute atomic E-state index is 10.7. The zero-order valence-electron chi connectivity index (χ0n) is 16.4. The van der Waals surface area contributed by atoms with Gasteiger partial charge >= 0.3 is 5.97 Å². The highest BCUT2D eigenvalue weighted by Gasteiger charge is 2.37. The van der Waals surface area contributed by atoms with Crippen LogP contribution in [-0.2, 0) is 27.3 Å². The average Bonchev–Trinajstić information content (AvgIpc) is 3.20. The fourth-order valence-electron chi connectivity index (χ4n) is 3.86. The first-order valence-corrected chi connectivity index (χ1v) is 10.1. The average molecular weight is 394 g/mol. The standard InChI is InChI=1S/C24H26O5/c25-23(26)9-6-18-4-7-22(8-5-18)27-17-19-2-1-3-21(16-19)20-10-12-24(13-11-20)28-14-15-29-24/h1-5,7-8,10,16H,6,9,11-15,17H2,(H,25,26). The molecule has 1 heterocycles. The van der Waals surface area contributed by atoms with Crippen LogP contribution in [-0.4, -0.2) is 30.1 Å². The minimum Gasteiger partial charge on any atom is -0.489 e. The van der Waals surface area contributed by atoms with Crippen molar-refractivity contribution in [2.75, 3.05) is 13.2 Å². The molecule has 0 saturated carbocycles. The number of hydrogen-bond donors (Lipinski definition) is 1. The van der Waals surface area contributed by atoms with Crippen LogP contribution in [0.2, 0.25) is 0 Å². The molecule has 2 aliphatic rings. The molecular formula is C24H26O5. The molecule has 2 aromatic rings. The number of rotatable bonds is 7. The molecule has 152 valence electrons. The van der Waals surface area contributed by atoms with E-state index in [4.69, 9.17) is 19.3 Å². The second kappa shape index (κ2) is 8.80. The molecule has 1 spiro atoms. The molecule has 1 aliphatic carbocycles. The summed E-state index contributed by atoms with van der Waals surface area (Å²) in [7, 11) is 0. The van der Waals surface area contributed by atoms with Gasteiger partial charge in [-0.15, -0.1) is 0 Å². The molecular weight excluding hydrogens is 368 g/mol. The van der Waals surface area contributed by atoms with Crippen molar-refractivity contribution in [2.45, 2.75) is 44.5 Å². The molecule has 5 nitrogen and oxygen atoms in total. The van der Waals surface area contributed by atoms with Crippen LogP contribution in [0.4, 0.5) is 0 Å². The van der Waals surface area contributed by atoms with Crippen molar-refractivity contribution in [3.63, 3.8) is 0 Å². The van der Waals surface area contributed by atoms with Crippen LogP contribution in [0.3, 0.4) is 0 Å². The van der Waals surface area contributed by atoms with Crippen LogP contribution < -0.4 is 4.74 Å². The number of carboxylic acid groups (broad SMARTS) is 1. The molecule has 29 heavy (non-hydrogen) atoms. The van der Waals surface area contributed by atoms with E-state index in [1.165, 1.54) is 11.1 Å². The summed E-state index contributed by atoms with van der Waals surface area (Å²) in [6.07, 6.45) is 5.56. The lowest BCUT2D eigenvalue weighted by Gasteiger charge is -2.30. The summed E-state index contributed by atoms with van der Waals surface area (Å²) in [4.78, 5) is 10.7. The van der Waals surface area contributed by atoms with Crippen molar-refractivity contribution in [1.29, 1.82) is 0 Å². The fraction of sp³-hybridized carbons (Fsp3) is 0.375. The molecule has 1 N–H and O–H groups in total. The van der Waals surface area contributed by atoms with Crippen molar-refractivity contribution >= 4 is 11.5 Å². The molecule has 0 bridgehead atoms. The van der Waals surface area contributed by atoms with E-state index in [1.54, 1.807) is 0 Å². The highest BCUT2D eigenvalue weighted by atomic mass is 16.7. The quantitative estimate of drug-likeness (QED) is 0.744. The maximum atomic E-state index is 10.7. The third kappa shape index (κ3) is 5.05. The van der Waals surface area contributed by atoms with Gasteiger partial charge in [-0.2, -0.15) is 0 Å². The number of benzene rings is 2. The van der Waals surface area contributed by atoms with Gasteiger partial charge in [0.05, 0.1) is 13.2 Å². The molecule has 0 amide bonds. The van der Waals surface area contributed by atoms with Gasteiger partial charge in [0.1, 0.15) is 12.4 Å². The third-order valence-corrected chi connectivity index (χ3v) is 5.50. The Morgan fingerprint density at radius 2 is 1.86 bits per heavy atom. The predicted molar refractivity (Wildman–Crippen MR) is 110 cm³/mol. The topological polar surface area (TPSA) is 65.0 Å². The number of allylic oxidation sites excluding steroid dienone is 1. The van der Waals surface area contributed by atoms with Gasteiger partial charge in [0.2, 0.25) is 0 Å². The van der Waals surface area contributed by atoms with E-state index in [1.807, 2.05) is 24.3 Å². The second-order valence-corrected chi connectivity index (χ2v) is 7.57. The van der Waals surface area contributed by atoms with Crippen molar-refractivity contribution in [2.24, 2.45) is 0 Å². The second-order valence-electron chi connectivity index (χ2n) is 7.57. The Hall–Kier alpha value is -2.63. The van der Waals surface area contributed by atoms with Crippen molar-refractivity contribution in [3.05, 3.63) is 71.3 Å². The van der Waals surface area contributed by atoms with Crippen LogP contribution in [0.1, 0.15) is 42.4 Å². The van der Waals surface area contributed by atoms with Gasteiger partial charge < -0.3 is 19.3 Å². The van der Waals surface area contributed by atoms with Crippen LogP contribution in [0.25, 0.3) is 5.57 Å². The van der Waals surface area contributed by atoms with Crippen LogP contribution in [0, 0.1) is 0 Å². The van der Waals surface area contributed by atoms with Crippen LogP contribution in [0.5, 0.6) is 5.75 Å². The maximum Gasteiger partial charge on any atom is 0.303 e. The zero-order chi connectivity index (χ0) is 20.1. The fourth-order valence-corrected chi connectivity index (χ4v) is 3.86. The molecule has 2 aromatic carbocycles. The largest absolute Gasteiger partial charge is 0.489 e. The van der Waals surface area contributed by atoms with Gasteiger partial charge in [-0.3, -0.25) is 4.79 Å². The highest BCUT2D eigenvalue weighted by molar-refractivity contribution is 5.67. The Labute approximate surface area is 170 Å². The number of carboxylic acids is 1. The van der Waals surface area contributed by atoms with Gasteiger partial charge in [0.15, 0.2) is 5.79 Å². The molecule has 4 rings (SSSR count). The summed E-state index contributed by atoms with van der Waals surface area (Å²) in [5.74, 6) is -0.388. The SMILES string of the molecule is O=C(O)CCc1ccc(OCc2cccc(C3=CCC4(CC3)OCCO4)c2)cc1.